The summed E-state index contributed by atoms with van der Waals surface area (Å²) in [5.74, 6) is 0.969. The highest BCUT2D eigenvalue weighted by atomic mass is 15.3. The van der Waals surface area contributed by atoms with Crippen LogP contribution in [0.5, 0.6) is 0 Å². The van der Waals surface area contributed by atoms with E-state index in [1.54, 1.807) is 0 Å². The molecule has 44 heavy (non-hydrogen) atoms. The predicted molar refractivity (Wildman–Crippen MR) is 178 cm³/mol. The molecule has 5 nitrogen and oxygen atoms in total. The summed E-state index contributed by atoms with van der Waals surface area (Å²) in [7, 11) is 0. The van der Waals surface area contributed by atoms with Crippen molar-refractivity contribution in [2.45, 2.75) is 31.6 Å². The van der Waals surface area contributed by atoms with Gasteiger partial charge in [0.1, 0.15) is 0 Å². The Morgan fingerprint density at radius 1 is 0.659 bits per heavy atom. The SMILES string of the molecule is CC1(C)c2ccccc2-c2c1ccc1nc(C3C=CC(N4c5ccccc5N(c5ccccc5)c5ccccc54)=CC3)nn21. The molecule has 0 spiro atoms. The van der Waals surface area contributed by atoms with Gasteiger partial charge in [-0.05, 0) is 66.1 Å². The van der Waals surface area contributed by atoms with Crippen LogP contribution in [0.4, 0.5) is 28.4 Å². The lowest BCUT2D eigenvalue weighted by Gasteiger charge is -2.41. The predicted octanol–water partition coefficient (Wildman–Crippen LogP) is 9.58. The third kappa shape index (κ3) is 3.53. The number of allylic oxidation sites excluding steroid dienone is 3. The quantitative estimate of drug-likeness (QED) is 0.213. The van der Waals surface area contributed by atoms with Crippen molar-refractivity contribution in [1.29, 1.82) is 0 Å². The van der Waals surface area contributed by atoms with Crippen molar-refractivity contribution in [2.75, 3.05) is 9.80 Å². The van der Waals surface area contributed by atoms with Crippen LogP contribution < -0.4 is 9.80 Å². The van der Waals surface area contributed by atoms with Crippen molar-refractivity contribution in [1.82, 2.24) is 14.6 Å². The van der Waals surface area contributed by atoms with Crippen molar-refractivity contribution >= 4 is 34.1 Å². The second-order valence-electron chi connectivity index (χ2n) is 12.3. The molecule has 0 fully saturated rings. The number of hydrogen-bond acceptors (Lipinski definition) is 4. The third-order valence-corrected chi connectivity index (χ3v) is 9.45. The summed E-state index contributed by atoms with van der Waals surface area (Å²) in [6, 6.07) is 41.0. The largest absolute Gasteiger partial charge is 0.307 e. The Bertz CT molecular complexity index is 2110. The van der Waals surface area contributed by atoms with Crippen molar-refractivity contribution in [3.05, 3.63) is 156 Å². The van der Waals surface area contributed by atoms with Gasteiger partial charge in [-0.25, -0.2) is 9.50 Å². The Kier molecular flexibility index (Phi) is 5.30. The van der Waals surface area contributed by atoms with Gasteiger partial charge in [-0.1, -0.05) is 98.8 Å². The molecule has 3 heterocycles. The van der Waals surface area contributed by atoms with Crippen LogP contribution in [0.2, 0.25) is 0 Å². The summed E-state index contributed by atoms with van der Waals surface area (Å²) in [5.41, 5.74) is 12.9. The second kappa shape index (κ2) is 9.29. The number of hydrogen-bond donors (Lipinski definition) is 0. The lowest BCUT2D eigenvalue weighted by molar-refractivity contribution is 0.657. The summed E-state index contributed by atoms with van der Waals surface area (Å²) in [6.07, 6.45) is 7.69. The number of benzene rings is 4. The van der Waals surface area contributed by atoms with Crippen molar-refractivity contribution in [3.63, 3.8) is 0 Å². The van der Waals surface area contributed by atoms with E-state index in [1.807, 2.05) is 0 Å². The minimum absolute atomic E-state index is 0.0638. The Morgan fingerprint density at radius 3 is 1.98 bits per heavy atom. The molecule has 0 N–H and O–H groups in total. The fourth-order valence-corrected chi connectivity index (χ4v) is 7.31. The minimum atomic E-state index is -0.0638. The number of anilines is 5. The number of fused-ring (bicyclic) bond motifs is 7. The molecule has 0 amide bonds. The first-order valence-electron chi connectivity index (χ1n) is 15.3. The van der Waals surface area contributed by atoms with E-state index in [2.05, 4.69) is 162 Å². The zero-order valence-electron chi connectivity index (χ0n) is 24.7. The van der Waals surface area contributed by atoms with E-state index in [0.29, 0.717) is 0 Å². The normalized spacial score (nSPS) is 17.6. The monoisotopic (exact) mass is 569 g/mol. The topological polar surface area (TPSA) is 36.7 Å². The van der Waals surface area contributed by atoms with Gasteiger partial charge in [0.15, 0.2) is 11.5 Å². The highest BCUT2D eigenvalue weighted by Gasteiger charge is 2.37. The summed E-state index contributed by atoms with van der Waals surface area (Å²) in [6.45, 7) is 4.60. The third-order valence-electron chi connectivity index (χ3n) is 9.45. The van der Waals surface area contributed by atoms with Crippen LogP contribution in [-0.4, -0.2) is 14.6 Å². The highest BCUT2D eigenvalue weighted by Crippen LogP contribution is 2.53. The first-order chi connectivity index (χ1) is 21.6. The molecule has 5 heteroatoms. The van der Waals surface area contributed by atoms with Gasteiger partial charge in [0.25, 0.3) is 0 Å². The fraction of sp³-hybridized carbons (Fsp3) is 0.128. The number of aromatic nitrogens is 3. The number of rotatable bonds is 3. The van der Waals surface area contributed by atoms with Gasteiger partial charge >= 0.3 is 0 Å². The molecule has 4 aromatic carbocycles. The van der Waals surface area contributed by atoms with Gasteiger partial charge in [-0.15, -0.1) is 0 Å². The smallest absolute Gasteiger partial charge is 0.158 e. The Morgan fingerprint density at radius 2 is 1.30 bits per heavy atom. The van der Waals surface area contributed by atoms with E-state index in [9.17, 15) is 0 Å². The van der Waals surface area contributed by atoms with Crippen LogP contribution in [0.15, 0.2) is 139 Å². The summed E-state index contributed by atoms with van der Waals surface area (Å²) >= 11 is 0. The van der Waals surface area contributed by atoms with Crippen molar-refractivity contribution in [3.8, 4) is 11.3 Å². The molecule has 0 saturated carbocycles. The molecule has 9 rings (SSSR count). The molecule has 6 aromatic rings. The van der Waals surface area contributed by atoms with Crippen LogP contribution in [-0.2, 0) is 5.41 Å². The van der Waals surface area contributed by atoms with Crippen LogP contribution in [0.25, 0.3) is 16.9 Å². The van der Waals surface area contributed by atoms with Gasteiger partial charge in [-0.2, -0.15) is 5.10 Å². The van der Waals surface area contributed by atoms with E-state index in [1.165, 1.54) is 22.4 Å². The Labute approximate surface area is 257 Å². The number of pyridine rings is 1. The molecule has 0 bridgehead atoms. The van der Waals surface area contributed by atoms with E-state index >= 15 is 0 Å². The molecule has 212 valence electrons. The molecule has 2 aliphatic carbocycles. The summed E-state index contributed by atoms with van der Waals surface area (Å²) < 4.78 is 2.07. The van der Waals surface area contributed by atoms with E-state index in [-0.39, 0.29) is 11.3 Å². The minimum Gasteiger partial charge on any atom is -0.307 e. The van der Waals surface area contributed by atoms with Crippen LogP contribution >= 0.6 is 0 Å². The zero-order valence-corrected chi connectivity index (χ0v) is 24.7. The zero-order chi connectivity index (χ0) is 29.4. The standard InChI is InChI=1S/C39H31N5/c1-39(2)30-15-7-6-14-29(30)37-31(39)24-25-36-40-38(41-44(36)37)26-20-22-28(23-21-26)43-34-18-10-8-16-32(34)42(27-12-4-3-5-13-27)33-17-9-11-19-35(33)43/h3-20,22-26H,21H2,1-2H3. The maximum Gasteiger partial charge on any atom is 0.158 e. The Hall–Kier alpha value is -5.42. The maximum absolute atomic E-state index is 5.13. The van der Waals surface area contributed by atoms with E-state index in [4.69, 9.17) is 10.1 Å². The molecular weight excluding hydrogens is 538 g/mol. The lowest BCUT2D eigenvalue weighted by atomic mass is 9.83. The summed E-state index contributed by atoms with van der Waals surface area (Å²) in [4.78, 5) is 9.78. The van der Waals surface area contributed by atoms with Gasteiger partial charge in [0, 0.05) is 28.3 Å². The molecule has 2 aromatic heterocycles. The van der Waals surface area contributed by atoms with Gasteiger partial charge in [-0.3, -0.25) is 0 Å². The van der Waals surface area contributed by atoms with Crippen molar-refractivity contribution < 1.29 is 0 Å². The van der Waals surface area contributed by atoms with E-state index < -0.39 is 0 Å². The van der Waals surface area contributed by atoms with Crippen LogP contribution in [0, 0.1) is 0 Å². The molecule has 1 atom stereocenters. The fourth-order valence-electron chi connectivity index (χ4n) is 7.31. The average Bonchev–Trinajstić information content (AvgIpc) is 3.61. The number of nitrogens with zero attached hydrogens (tertiary/aromatic N) is 5. The first kappa shape index (κ1) is 25.1. The average molecular weight is 570 g/mol. The molecular formula is C39H31N5. The van der Waals surface area contributed by atoms with Gasteiger partial charge in [0.05, 0.1) is 28.4 Å². The molecule has 1 unspecified atom stereocenters. The molecule has 1 aliphatic heterocycles. The van der Waals surface area contributed by atoms with Crippen LogP contribution in [0.1, 0.15) is 43.1 Å². The Balaban J connectivity index is 1.09. The van der Waals surface area contributed by atoms with Crippen molar-refractivity contribution in [2.24, 2.45) is 0 Å². The van der Waals surface area contributed by atoms with Crippen LogP contribution in [0.3, 0.4) is 0 Å². The van der Waals surface area contributed by atoms with Gasteiger partial charge < -0.3 is 9.80 Å². The molecule has 0 radical (unpaired) electrons. The highest BCUT2D eigenvalue weighted by molar-refractivity contribution is 5.99. The van der Waals surface area contributed by atoms with E-state index in [0.717, 1.165) is 52.0 Å². The molecule has 0 saturated heterocycles. The maximum atomic E-state index is 5.13. The first-order valence-corrected chi connectivity index (χ1v) is 15.3. The van der Waals surface area contributed by atoms with Gasteiger partial charge in [0.2, 0.25) is 0 Å². The summed E-state index contributed by atoms with van der Waals surface area (Å²) in [5, 5.41) is 5.13. The molecule has 3 aliphatic rings. The lowest BCUT2D eigenvalue weighted by Crippen LogP contribution is -2.26. The second-order valence-corrected chi connectivity index (χ2v) is 12.3. The number of para-hydroxylation sites is 5.